The maximum Gasteiger partial charge on any atom is 0.308 e. The van der Waals surface area contributed by atoms with Gasteiger partial charge in [0.1, 0.15) is 6.04 Å². The third-order valence-corrected chi connectivity index (χ3v) is 9.24. The second-order valence-corrected chi connectivity index (χ2v) is 10.3. The maximum atomic E-state index is 13.9. The smallest absolute Gasteiger partial charge is 0.308 e. The monoisotopic (exact) mass is 422 g/mol. The number of carboxylic acid groups (broad SMARTS) is 1. The molecule has 4 aliphatic rings. The lowest BCUT2D eigenvalue weighted by atomic mass is 9.71. The van der Waals surface area contributed by atoms with E-state index in [1.54, 1.807) is 6.08 Å². The fraction of sp³-hybridized carbons (Fsp3) is 0.762. The highest BCUT2D eigenvalue weighted by atomic mass is 32.2. The Labute approximate surface area is 175 Å². The summed E-state index contributed by atoms with van der Waals surface area (Å²) in [6.45, 7) is 4.08. The minimum Gasteiger partial charge on any atom is -0.481 e. The summed E-state index contributed by atoms with van der Waals surface area (Å²) in [4.78, 5) is 42.5. The van der Waals surface area contributed by atoms with Crippen molar-refractivity contribution in [1.82, 2.24) is 9.80 Å². The van der Waals surface area contributed by atoms with Crippen LogP contribution >= 0.6 is 11.8 Å². The molecule has 1 spiro atoms. The Kier molecular flexibility index (Phi) is 5.68. The van der Waals surface area contributed by atoms with Gasteiger partial charge in [0.05, 0.1) is 23.2 Å². The van der Waals surface area contributed by atoms with Gasteiger partial charge in [-0.05, 0) is 25.7 Å². The molecule has 8 heteroatoms. The lowest BCUT2D eigenvalue weighted by Crippen LogP contribution is -2.57. The summed E-state index contributed by atoms with van der Waals surface area (Å²) in [5.41, 5.74) is 0. The Hall–Kier alpha value is -1.54. The van der Waals surface area contributed by atoms with Gasteiger partial charge in [0.25, 0.3) is 0 Å². The van der Waals surface area contributed by atoms with Gasteiger partial charge in [-0.15, -0.1) is 18.3 Å². The largest absolute Gasteiger partial charge is 0.481 e. The van der Waals surface area contributed by atoms with Crippen LogP contribution in [0.25, 0.3) is 0 Å². The molecular weight excluding hydrogens is 392 g/mol. The van der Waals surface area contributed by atoms with E-state index < -0.39 is 28.6 Å². The maximum absolute atomic E-state index is 13.9. The molecule has 2 amide bonds. The second kappa shape index (κ2) is 7.95. The third kappa shape index (κ3) is 3.10. The number of aliphatic carboxylic acids is 1. The average molecular weight is 423 g/mol. The van der Waals surface area contributed by atoms with E-state index in [1.165, 1.54) is 23.1 Å². The highest BCUT2D eigenvalue weighted by molar-refractivity contribution is 8.02. The molecule has 0 aromatic rings. The molecule has 3 aliphatic heterocycles. The summed E-state index contributed by atoms with van der Waals surface area (Å²) >= 11 is 1.54. The van der Waals surface area contributed by atoms with E-state index in [1.807, 2.05) is 4.90 Å². The number of carbonyl (C=O) groups excluding carboxylic acids is 2. The SMILES string of the molecule is C=CCN(C(=O)C1N(CCO)C(=O)[C@@H]2[C@H](C(=O)O)[C@@H]3CCC12S3)C1CCCCC1. The third-order valence-electron chi connectivity index (χ3n) is 7.28. The van der Waals surface area contributed by atoms with Crippen LogP contribution in [0.4, 0.5) is 0 Å². The predicted molar refractivity (Wildman–Crippen MR) is 109 cm³/mol. The molecule has 2 bridgehead atoms. The van der Waals surface area contributed by atoms with E-state index >= 15 is 0 Å². The zero-order chi connectivity index (χ0) is 20.8. The molecule has 4 fully saturated rings. The first-order chi connectivity index (χ1) is 14.0. The van der Waals surface area contributed by atoms with Crippen molar-refractivity contribution in [3.05, 3.63) is 12.7 Å². The first-order valence-electron chi connectivity index (χ1n) is 10.7. The van der Waals surface area contributed by atoms with Gasteiger partial charge >= 0.3 is 5.97 Å². The van der Waals surface area contributed by atoms with Gasteiger partial charge in [-0.2, -0.15) is 0 Å². The van der Waals surface area contributed by atoms with Gasteiger partial charge in [-0.3, -0.25) is 14.4 Å². The number of hydrogen-bond acceptors (Lipinski definition) is 5. The number of likely N-dealkylation sites (tertiary alicyclic amines) is 1. The van der Waals surface area contributed by atoms with E-state index in [-0.39, 0.29) is 36.3 Å². The molecule has 0 aromatic carbocycles. The molecule has 5 atom stereocenters. The summed E-state index contributed by atoms with van der Waals surface area (Å²) in [5, 5.41) is 19.3. The molecule has 1 aliphatic carbocycles. The highest BCUT2D eigenvalue weighted by Crippen LogP contribution is 2.66. The van der Waals surface area contributed by atoms with Crippen molar-refractivity contribution < 1.29 is 24.6 Å². The lowest BCUT2D eigenvalue weighted by molar-refractivity contribution is -0.148. The van der Waals surface area contributed by atoms with Crippen LogP contribution in [0.5, 0.6) is 0 Å². The van der Waals surface area contributed by atoms with E-state index in [2.05, 4.69) is 6.58 Å². The zero-order valence-corrected chi connectivity index (χ0v) is 17.5. The highest BCUT2D eigenvalue weighted by Gasteiger charge is 2.74. The number of nitrogens with zero attached hydrogens (tertiary/aromatic N) is 2. The van der Waals surface area contributed by atoms with Crippen LogP contribution in [-0.2, 0) is 14.4 Å². The first-order valence-corrected chi connectivity index (χ1v) is 11.6. The van der Waals surface area contributed by atoms with E-state index in [0.29, 0.717) is 19.4 Å². The Morgan fingerprint density at radius 2 is 2.00 bits per heavy atom. The van der Waals surface area contributed by atoms with Crippen molar-refractivity contribution in [3.8, 4) is 0 Å². The van der Waals surface area contributed by atoms with E-state index in [0.717, 1.165) is 25.7 Å². The minimum atomic E-state index is -0.949. The number of aliphatic hydroxyl groups is 1. The average Bonchev–Trinajstić information content (AvgIpc) is 3.35. The number of amides is 2. The number of rotatable bonds is 7. The summed E-state index contributed by atoms with van der Waals surface area (Å²) < 4.78 is -0.689. The standard InChI is InChI=1S/C21H30N2O5S/c1-2-10-22(13-6-4-3-5-7-13)19(26)17-21-9-8-14(29-21)15(20(27)28)16(21)18(25)23(17)11-12-24/h2,13-17,24H,1,3-12H2,(H,27,28)/t14-,15+,16-,17?,21?/m0/s1. The minimum absolute atomic E-state index is 0.0671. The lowest BCUT2D eigenvalue weighted by Gasteiger charge is -2.41. The van der Waals surface area contributed by atoms with Crippen LogP contribution < -0.4 is 0 Å². The van der Waals surface area contributed by atoms with Crippen molar-refractivity contribution in [1.29, 1.82) is 0 Å². The molecule has 7 nitrogen and oxygen atoms in total. The van der Waals surface area contributed by atoms with Gasteiger partial charge in [-0.25, -0.2) is 0 Å². The molecule has 3 saturated heterocycles. The van der Waals surface area contributed by atoms with Gasteiger partial charge in [0.2, 0.25) is 11.8 Å². The number of aliphatic hydroxyl groups excluding tert-OH is 1. The van der Waals surface area contributed by atoms with E-state index in [4.69, 9.17) is 0 Å². The Balaban J connectivity index is 1.71. The van der Waals surface area contributed by atoms with Crippen molar-refractivity contribution in [2.75, 3.05) is 19.7 Å². The number of thioether (sulfide) groups is 1. The Morgan fingerprint density at radius 3 is 2.62 bits per heavy atom. The van der Waals surface area contributed by atoms with Crippen molar-refractivity contribution in [2.45, 2.75) is 67.0 Å². The summed E-state index contributed by atoms with van der Waals surface area (Å²) in [5.74, 6) is -2.75. The molecule has 1 saturated carbocycles. The zero-order valence-electron chi connectivity index (χ0n) is 16.7. The van der Waals surface area contributed by atoms with Crippen molar-refractivity contribution in [2.24, 2.45) is 11.8 Å². The first kappa shape index (κ1) is 20.7. The number of hydrogen-bond donors (Lipinski definition) is 2. The van der Waals surface area contributed by atoms with Crippen molar-refractivity contribution in [3.63, 3.8) is 0 Å². The second-order valence-electron chi connectivity index (χ2n) is 8.72. The van der Waals surface area contributed by atoms with Crippen molar-refractivity contribution >= 4 is 29.5 Å². The number of carbonyl (C=O) groups is 3. The van der Waals surface area contributed by atoms with Crippen LogP contribution in [-0.4, -0.2) is 79.6 Å². The van der Waals surface area contributed by atoms with Crippen LogP contribution in [0, 0.1) is 11.8 Å². The molecule has 0 radical (unpaired) electrons. The van der Waals surface area contributed by atoms with E-state index in [9.17, 15) is 24.6 Å². The number of carboxylic acids is 1. The molecule has 4 rings (SSSR count). The molecule has 2 N–H and O–H groups in total. The van der Waals surface area contributed by atoms with Gasteiger partial charge in [0, 0.05) is 24.4 Å². The van der Waals surface area contributed by atoms with Gasteiger partial charge in [-0.1, -0.05) is 25.3 Å². The normalized spacial score (nSPS) is 36.3. The quantitative estimate of drug-likeness (QED) is 0.604. The Morgan fingerprint density at radius 1 is 1.28 bits per heavy atom. The van der Waals surface area contributed by atoms with Gasteiger partial charge < -0.3 is 20.0 Å². The molecule has 160 valence electrons. The number of fused-ring (bicyclic) bond motifs is 1. The Bertz CT molecular complexity index is 709. The van der Waals surface area contributed by atoms with Crippen LogP contribution in [0.15, 0.2) is 12.7 Å². The summed E-state index contributed by atoms with van der Waals surface area (Å²) in [6.07, 6.45) is 8.36. The fourth-order valence-electron chi connectivity index (χ4n) is 6.17. The van der Waals surface area contributed by atoms with Gasteiger partial charge in [0.15, 0.2) is 0 Å². The van der Waals surface area contributed by atoms with Crippen LogP contribution in [0.2, 0.25) is 0 Å². The predicted octanol–water partition coefficient (Wildman–Crippen LogP) is 1.50. The summed E-state index contributed by atoms with van der Waals surface area (Å²) in [7, 11) is 0. The topological polar surface area (TPSA) is 98.2 Å². The van der Waals surface area contributed by atoms with Crippen LogP contribution in [0.3, 0.4) is 0 Å². The summed E-state index contributed by atoms with van der Waals surface area (Å²) in [6, 6.07) is -0.567. The number of β-amino-alcohol motifs (C(OH)–C–C–N with tert-alkyl or cyclic N) is 1. The molecule has 2 unspecified atom stereocenters. The molecule has 29 heavy (non-hydrogen) atoms. The fourth-order valence-corrected chi connectivity index (χ4v) is 8.38. The molecular formula is C21H30N2O5S. The molecule has 0 aromatic heterocycles. The molecule has 3 heterocycles. The van der Waals surface area contributed by atoms with Crippen LogP contribution in [0.1, 0.15) is 44.9 Å².